The summed E-state index contributed by atoms with van der Waals surface area (Å²) in [5.41, 5.74) is 1.96. The predicted molar refractivity (Wildman–Crippen MR) is 90.9 cm³/mol. The number of hydrogen-bond acceptors (Lipinski definition) is 2. The van der Waals surface area contributed by atoms with Gasteiger partial charge in [-0.1, -0.05) is 30.3 Å². The van der Waals surface area contributed by atoms with Crippen LogP contribution in [0.15, 0.2) is 53.4 Å². The Kier molecular flexibility index (Phi) is 4.86. The molecule has 2 aromatic carbocycles. The molecule has 0 saturated heterocycles. The number of urea groups is 1. The molecule has 0 aliphatic carbocycles. The molecule has 2 aromatic rings. The van der Waals surface area contributed by atoms with Crippen molar-refractivity contribution in [3.05, 3.63) is 65.5 Å². The summed E-state index contributed by atoms with van der Waals surface area (Å²) in [7, 11) is 1.77. The lowest BCUT2D eigenvalue weighted by Gasteiger charge is -2.28. The molecule has 0 saturated carbocycles. The van der Waals surface area contributed by atoms with Crippen molar-refractivity contribution >= 4 is 17.8 Å². The number of nitrogens with one attached hydrogen (secondary N) is 1. The van der Waals surface area contributed by atoms with E-state index in [1.54, 1.807) is 29.8 Å². The maximum atomic E-state index is 13.5. The molecule has 120 valence electrons. The Hall–Kier alpha value is -2.01. The van der Waals surface area contributed by atoms with E-state index in [9.17, 15) is 9.18 Å². The minimum Gasteiger partial charge on any atom is -0.331 e. The molecule has 3 nitrogen and oxygen atoms in total. The van der Waals surface area contributed by atoms with Crippen molar-refractivity contribution in [2.45, 2.75) is 23.9 Å². The quantitative estimate of drug-likeness (QED) is 0.914. The third kappa shape index (κ3) is 3.85. The third-order valence-electron chi connectivity index (χ3n) is 3.92. The first-order chi connectivity index (χ1) is 11.1. The topological polar surface area (TPSA) is 32.3 Å². The van der Waals surface area contributed by atoms with Gasteiger partial charge >= 0.3 is 6.03 Å². The number of carbonyl (C=O) groups is 1. The summed E-state index contributed by atoms with van der Waals surface area (Å²) in [6.07, 6.45) is 0.812. The highest BCUT2D eigenvalue weighted by atomic mass is 32.2. The lowest BCUT2D eigenvalue weighted by atomic mass is 10.0. The van der Waals surface area contributed by atoms with Gasteiger partial charge in [0.25, 0.3) is 0 Å². The van der Waals surface area contributed by atoms with Gasteiger partial charge in [-0.3, -0.25) is 0 Å². The molecule has 0 bridgehead atoms. The van der Waals surface area contributed by atoms with Gasteiger partial charge in [0.1, 0.15) is 5.82 Å². The fraction of sp³-hybridized carbons (Fsp3) is 0.278. The summed E-state index contributed by atoms with van der Waals surface area (Å²) in [5.74, 6) is 0.662. The summed E-state index contributed by atoms with van der Waals surface area (Å²) in [4.78, 5) is 15.1. The van der Waals surface area contributed by atoms with E-state index in [-0.39, 0.29) is 17.9 Å². The molecule has 0 unspecified atom stereocenters. The van der Waals surface area contributed by atoms with Crippen molar-refractivity contribution in [2.75, 3.05) is 12.8 Å². The van der Waals surface area contributed by atoms with E-state index in [1.165, 1.54) is 12.1 Å². The van der Waals surface area contributed by atoms with E-state index < -0.39 is 0 Å². The van der Waals surface area contributed by atoms with Crippen molar-refractivity contribution in [1.82, 2.24) is 10.2 Å². The van der Waals surface area contributed by atoms with Gasteiger partial charge in [-0.25, -0.2) is 9.18 Å². The molecule has 0 spiro atoms. The molecular weight excluding hydrogens is 311 g/mol. The zero-order valence-electron chi connectivity index (χ0n) is 13.0. The van der Waals surface area contributed by atoms with Crippen LogP contribution >= 0.6 is 11.8 Å². The molecule has 1 aliphatic rings. The Morgan fingerprint density at radius 1 is 1.30 bits per heavy atom. The van der Waals surface area contributed by atoms with Gasteiger partial charge in [-0.2, -0.15) is 0 Å². The zero-order chi connectivity index (χ0) is 16.2. The molecule has 1 aliphatic heterocycles. The molecule has 0 aromatic heterocycles. The number of halogens is 1. The molecule has 1 N–H and O–H groups in total. The molecule has 0 fully saturated rings. The summed E-state index contributed by atoms with van der Waals surface area (Å²) >= 11 is 1.71. The summed E-state index contributed by atoms with van der Waals surface area (Å²) in [6, 6.07) is 14.4. The van der Waals surface area contributed by atoms with Gasteiger partial charge in [0.05, 0.1) is 6.04 Å². The normalized spacial score (nSPS) is 16.5. The molecule has 3 rings (SSSR count). The standard InChI is InChI=1S/C18H19FN2OS/c1-21(12-13-5-3-2-4-6-13)18(22)20-16-9-10-23-17-8-7-14(19)11-15(16)17/h2-8,11,16H,9-10,12H2,1H3,(H,20,22)/t16-/m1/s1. The third-order valence-corrected chi connectivity index (χ3v) is 5.04. The first kappa shape index (κ1) is 15.9. The predicted octanol–water partition coefficient (Wildman–Crippen LogP) is 4.20. The minimum absolute atomic E-state index is 0.132. The monoisotopic (exact) mass is 330 g/mol. The number of amides is 2. The molecule has 5 heteroatoms. The number of benzene rings is 2. The van der Waals surface area contributed by atoms with Crippen LogP contribution in [0.25, 0.3) is 0 Å². The second-order valence-corrected chi connectivity index (χ2v) is 6.80. The van der Waals surface area contributed by atoms with Crippen LogP contribution in [-0.2, 0) is 6.54 Å². The van der Waals surface area contributed by atoms with Crippen LogP contribution in [0.2, 0.25) is 0 Å². The fourth-order valence-corrected chi connectivity index (χ4v) is 3.81. The SMILES string of the molecule is CN(Cc1ccccc1)C(=O)N[C@@H]1CCSc2ccc(F)cc21. The average Bonchev–Trinajstić information content (AvgIpc) is 2.56. The number of rotatable bonds is 3. The zero-order valence-corrected chi connectivity index (χ0v) is 13.8. The Morgan fingerprint density at radius 3 is 2.87 bits per heavy atom. The molecule has 1 heterocycles. The van der Waals surface area contributed by atoms with Crippen LogP contribution in [0.5, 0.6) is 0 Å². The highest BCUT2D eigenvalue weighted by Gasteiger charge is 2.24. The van der Waals surface area contributed by atoms with E-state index in [2.05, 4.69) is 5.32 Å². The number of thioether (sulfide) groups is 1. The lowest BCUT2D eigenvalue weighted by molar-refractivity contribution is 0.202. The highest BCUT2D eigenvalue weighted by Crippen LogP contribution is 2.36. The van der Waals surface area contributed by atoms with Gasteiger partial charge in [-0.15, -0.1) is 11.8 Å². The minimum atomic E-state index is -0.261. The second-order valence-electron chi connectivity index (χ2n) is 5.66. The van der Waals surface area contributed by atoms with E-state index in [4.69, 9.17) is 0 Å². The number of hydrogen-bond donors (Lipinski definition) is 1. The lowest BCUT2D eigenvalue weighted by Crippen LogP contribution is -2.39. The molecule has 1 atom stereocenters. The molecule has 23 heavy (non-hydrogen) atoms. The van der Waals surface area contributed by atoms with E-state index in [0.29, 0.717) is 6.54 Å². The van der Waals surface area contributed by atoms with Crippen LogP contribution in [0, 0.1) is 5.82 Å². The van der Waals surface area contributed by atoms with Crippen molar-refractivity contribution < 1.29 is 9.18 Å². The van der Waals surface area contributed by atoms with Gasteiger partial charge in [0, 0.05) is 24.2 Å². The van der Waals surface area contributed by atoms with E-state index in [1.807, 2.05) is 30.3 Å². The molecule has 0 radical (unpaired) electrons. The van der Waals surface area contributed by atoms with E-state index >= 15 is 0 Å². The first-order valence-corrected chi connectivity index (χ1v) is 8.60. The maximum Gasteiger partial charge on any atom is 0.317 e. The van der Waals surface area contributed by atoms with Gasteiger partial charge < -0.3 is 10.2 Å². The maximum absolute atomic E-state index is 13.5. The first-order valence-electron chi connectivity index (χ1n) is 7.61. The Morgan fingerprint density at radius 2 is 2.09 bits per heavy atom. The van der Waals surface area contributed by atoms with Gasteiger partial charge in [0.15, 0.2) is 0 Å². The van der Waals surface area contributed by atoms with Crippen LogP contribution in [0.4, 0.5) is 9.18 Å². The smallest absolute Gasteiger partial charge is 0.317 e. The average molecular weight is 330 g/mol. The second kappa shape index (κ2) is 7.04. The van der Waals surface area contributed by atoms with Gasteiger partial charge in [0.2, 0.25) is 0 Å². The van der Waals surface area contributed by atoms with Crippen LogP contribution in [0.3, 0.4) is 0 Å². The highest BCUT2D eigenvalue weighted by molar-refractivity contribution is 7.99. The number of fused-ring (bicyclic) bond motifs is 1. The van der Waals surface area contributed by atoms with Crippen molar-refractivity contribution in [1.29, 1.82) is 0 Å². The van der Waals surface area contributed by atoms with E-state index in [0.717, 1.165) is 28.2 Å². The Bertz CT molecular complexity index is 693. The Labute approximate surface area is 139 Å². The van der Waals surface area contributed by atoms with Crippen LogP contribution in [-0.4, -0.2) is 23.7 Å². The van der Waals surface area contributed by atoms with Crippen molar-refractivity contribution in [3.8, 4) is 0 Å². The Balaban J connectivity index is 1.68. The van der Waals surface area contributed by atoms with Gasteiger partial charge in [-0.05, 0) is 35.7 Å². The summed E-state index contributed by atoms with van der Waals surface area (Å²) in [6.45, 7) is 0.546. The van der Waals surface area contributed by atoms with Crippen molar-refractivity contribution in [2.24, 2.45) is 0 Å². The summed E-state index contributed by atoms with van der Waals surface area (Å²) < 4.78 is 13.5. The van der Waals surface area contributed by atoms with Crippen LogP contribution in [0.1, 0.15) is 23.6 Å². The van der Waals surface area contributed by atoms with Crippen LogP contribution < -0.4 is 5.32 Å². The fourth-order valence-electron chi connectivity index (χ4n) is 2.70. The number of nitrogens with zero attached hydrogens (tertiary/aromatic N) is 1. The molecule has 2 amide bonds. The van der Waals surface area contributed by atoms with Crippen molar-refractivity contribution in [3.63, 3.8) is 0 Å². The number of carbonyl (C=O) groups excluding carboxylic acids is 1. The molecular formula is C18H19FN2OS. The summed E-state index contributed by atoms with van der Waals surface area (Å²) in [5, 5.41) is 3.03. The largest absolute Gasteiger partial charge is 0.331 e.